The van der Waals surface area contributed by atoms with Gasteiger partial charge in [-0.25, -0.2) is 0 Å². The molecule has 5 heteroatoms. The van der Waals surface area contributed by atoms with E-state index in [1.54, 1.807) is 26.2 Å². The van der Waals surface area contributed by atoms with Gasteiger partial charge in [-0.2, -0.15) is 0 Å². The van der Waals surface area contributed by atoms with E-state index in [9.17, 15) is 9.59 Å². The third kappa shape index (κ3) is 3.12. The molecule has 0 aromatic carbocycles. The molecule has 0 bridgehead atoms. The highest BCUT2D eigenvalue weighted by Crippen LogP contribution is 2.11. The molecule has 1 amide bonds. The van der Waals surface area contributed by atoms with Gasteiger partial charge in [-0.05, 0) is 17.5 Å². The molecule has 3 N–H and O–H groups in total. The van der Waals surface area contributed by atoms with Crippen LogP contribution in [-0.2, 0) is 16.1 Å². The minimum Gasteiger partial charge on any atom is -0.481 e. The number of H-pyrrole nitrogens is 1. The van der Waals surface area contributed by atoms with Crippen LogP contribution in [0.5, 0.6) is 0 Å². The van der Waals surface area contributed by atoms with Gasteiger partial charge in [-0.1, -0.05) is 13.8 Å². The summed E-state index contributed by atoms with van der Waals surface area (Å²) in [4.78, 5) is 25.4. The van der Waals surface area contributed by atoms with Crippen LogP contribution in [0.15, 0.2) is 18.5 Å². The Morgan fingerprint density at radius 2 is 2.19 bits per heavy atom. The number of hydrogen-bond donors (Lipinski definition) is 3. The highest BCUT2D eigenvalue weighted by atomic mass is 16.4. The maximum absolute atomic E-state index is 11.6. The van der Waals surface area contributed by atoms with Crippen molar-refractivity contribution in [2.24, 2.45) is 11.8 Å². The van der Waals surface area contributed by atoms with Crippen LogP contribution in [0.2, 0.25) is 0 Å². The van der Waals surface area contributed by atoms with Crippen LogP contribution >= 0.6 is 0 Å². The summed E-state index contributed by atoms with van der Waals surface area (Å²) >= 11 is 0. The van der Waals surface area contributed by atoms with Gasteiger partial charge in [0.05, 0.1) is 0 Å². The highest BCUT2D eigenvalue weighted by Gasteiger charge is 2.29. The van der Waals surface area contributed by atoms with Gasteiger partial charge in [0.1, 0.15) is 5.92 Å². The fourth-order valence-corrected chi connectivity index (χ4v) is 1.47. The average Bonchev–Trinajstić information content (AvgIpc) is 2.65. The van der Waals surface area contributed by atoms with Crippen LogP contribution in [0.25, 0.3) is 0 Å². The Morgan fingerprint density at radius 1 is 1.50 bits per heavy atom. The Bertz CT molecular complexity index is 357. The molecule has 1 heterocycles. The third-order valence-electron chi connectivity index (χ3n) is 2.34. The molecular formula is C11H16N2O3. The molecule has 0 spiro atoms. The van der Waals surface area contributed by atoms with Crippen molar-refractivity contribution in [2.45, 2.75) is 20.4 Å². The van der Waals surface area contributed by atoms with Gasteiger partial charge in [0, 0.05) is 18.9 Å². The minimum absolute atomic E-state index is 0.219. The third-order valence-corrected chi connectivity index (χ3v) is 2.34. The predicted octanol–water partition coefficient (Wildman–Crippen LogP) is 0.988. The Labute approximate surface area is 93.9 Å². The molecule has 1 aromatic rings. The minimum atomic E-state index is -1.08. The van der Waals surface area contributed by atoms with Crippen LogP contribution in [0, 0.1) is 11.8 Å². The van der Waals surface area contributed by atoms with Crippen molar-refractivity contribution in [3.8, 4) is 0 Å². The molecule has 1 rings (SSSR count). The summed E-state index contributed by atoms with van der Waals surface area (Å²) < 4.78 is 0. The highest BCUT2D eigenvalue weighted by molar-refractivity contribution is 5.97. The summed E-state index contributed by atoms with van der Waals surface area (Å²) in [7, 11) is 0. The maximum Gasteiger partial charge on any atom is 0.316 e. The number of hydrogen-bond acceptors (Lipinski definition) is 2. The van der Waals surface area contributed by atoms with Gasteiger partial charge in [-0.3, -0.25) is 9.59 Å². The van der Waals surface area contributed by atoms with Crippen molar-refractivity contribution in [1.29, 1.82) is 0 Å². The first kappa shape index (κ1) is 12.3. The van der Waals surface area contributed by atoms with E-state index >= 15 is 0 Å². The number of aromatic nitrogens is 1. The quantitative estimate of drug-likeness (QED) is 0.652. The second-order valence-electron chi connectivity index (χ2n) is 4.00. The van der Waals surface area contributed by atoms with Crippen molar-refractivity contribution in [3.63, 3.8) is 0 Å². The number of carboxylic acid groups (broad SMARTS) is 1. The van der Waals surface area contributed by atoms with Crippen LogP contribution in [-0.4, -0.2) is 22.0 Å². The van der Waals surface area contributed by atoms with Crippen LogP contribution < -0.4 is 5.32 Å². The second kappa shape index (κ2) is 5.34. The maximum atomic E-state index is 11.6. The van der Waals surface area contributed by atoms with Crippen LogP contribution in [0.1, 0.15) is 19.4 Å². The van der Waals surface area contributed by atoms with E-state index in [2.05, 4.69) is 10.3 Å². The Balaban J connectivity index is 2.53. The molecule has 0 aliphatic carbocycles. The van der Waals surface area contributed by atoms with E-state index in [1.807, 2.05) is 6.07 Å². The van der Waals surface area contributed by atoms with Crippen molar-refractivity contribution >= 4 is 11.9 Å². The summed E-state index contributed by atoms with van der Waals surface area (Å²) in [5, 5.41) is 11.5. The lowest BCUT2D eigenvalue weighted by molar-refractivity contribution is -0.148. The van der Waals surface area contributed by atoms with Crippen molar-refractivity contribution < 1.29 is 14.7 Å². The molecule has 1 unspecified atom stereocenters. The van der Waals surface area contributed by atoms with Gasteiger partial charge >= 0.3 is 5.97 Å². The zero-order valence-corrected chi connectivity index (χ0v) is 9.36. The SMILES string of the molecule is CC(C)C(C(=O)O)C(=O)NCc1cc[nH]c1. The van der Waals surface area contributed by atoms with Crippen molar-refractivity contribution in [3.05, 3.63) is 24.0 Å². The van der Waals surface area contributed by atoms with E-state index in [0.29, 0.717) is 6.54 Å². The summed E-state index contributed by atoms with van der Waals surface area (Å²) in [6.07, 6.45) is 3.50. The van der Waals surface area contributed by atoms with Crippen LogP contribution in [0.3, 0.4) is 0 Å². The molecule has 88 valence electrons. The molecule has 0 fully saturated rings. The number of amides is 1. The molecular weight excluding hydrogens is 208 g/mol. The van der Waals surface area contributed by atoms with Crippen molar-refractivity contribution in [1.82, 2.24) is 10.3 Å². The normalized spacial score (nSPS) is 12.4. The lowest BCUT2D eigenvalue weighted by Gasteiger charge is -2.15. The summed E-state index contributed by atoms with van der Waals surface area (Å²) in [6.45, 7) is 3.78. The van der Waals surface area contributed by atoms with Crippen molar-refractivity contribution in [2.75, 3.05) is 0 Å². The molecule has 5 nitrogen and oxygen atoms in total. The number of carbonyl (C=O) groups is 2. The van der Waals surface area contributed by atoms with Gasteiger partial charge < -0.3 is 15.4 Å². The first-order valence-electron chi connectivity index (χ1n) is 5.14. The molecule has 0 aliphatic rings. The predicted molar refractivity (Wildman–Crippen MR) is 58.6 cm³/mol. The number of aromatic amines is 1. The van der Waals surface area contributed by atoms with Gasteiger partial charge in [0.15, 0.2) is 0 Å². The fraction of sp³-hybridized carbons (Fsp3) is 0.455. The summed E-state index contributed by atoms with van der Waals surface area (Å²) in [5.41, 5.74) is 0.918. The first-order valence-corrected chi connectivity index (χ1v) is 5.14. The number of carbonyl (C=O) groups excluding carboxylic acids is 1. The second-order valence-corrected chi connectivity index (χ2v) is 4.00. The van der Waals surface area contributed by atoms with E-state index in [-0.39, 0.29) is 5.92 Å². The monoisotopic (exact) mass is 224 g/mol. The van der Waals surface area contributed by atoms with E-state index < -0.39 is 17.8 Å². The molecule has 0 saturated heterocycles. The van der Waals surface area contributed by atoms with E-state index in [0.717, 1.165) is 5.56 Å². The molecule has 0 radical (unpaired) electrons. The Kier molecular flexibility index (Phi) is 4.10. The fourth-order valence-electron chi connectivity index (χ4n) is 1.47. The zero-order chi connectivity index (χ0) is 12.1. The van der Waals surface area contributed by atoms with E-state index in [1.165, 1.54) is 0 Å². The molecule has 0 saturated carbocycles. The molecule has 16 heavy (non-hydrogen) atoms. The lowest BCUT2D eigenvalue weighted by Crippen LogP contribution is -2.37. The molecule has 1 aromatic heterocycles. The van der Waals surface area contributed by atoms with E-state index in [4.69, 9.17) is 5.11 Å². The standard InChI is InChI=1S/C11H16N2O3/c1-7(2)9(11(15)16)10(14)13-6-8-3-4-12-5-8/h3-5,7,9,12H,6H2,1-2H3,(H,13,14)(H,15,16). The number of rotatable bonds is 5. The Morgan fingerprint density at radius 3 is 2.62 bits per heavy atom. The number of nitrogens with one attached hydrogen (secondary N) is 2. The summed E-state index contributed by atoms with van der Waals surface area (Å²) in [5.74, 6) is -2.73. The number of carboxylic acids is 1. The van der Waals surface area contributed by atoms with Gasteiger partial charge in [0.2, 0.25) is 5.91 Å². The van der Waals surface area contributed by atoms with Gasteiger partial charge in [0.25, 0.3) is 0 Å². The largest absolute Gasteiger partial charge is 0.481 e. The summed E-state index contributed by atoms with van der Waals surface area (Å²) in [6, 6.07) is 1.82. The molecule has 1 atom stereocenters. The average molecular weight is 224 g/mol. The van der Waals surface area contributed by atoms with Gasteiger partial charge in [-0.15, -0.1) is 0 Å². The smallest absolute Gasteiger partial charge is 0.316 e. The Hall–Kier alpha value is -1.78. The first-order chi connectivity index (χ1) is 7.52. The zero-order valence-electron chi connectivity index (χ0n) is 9.36. The van der Waals surface area contributed by atoms with Crippen LogP contribution in [0.4, 0.5) is 0 Å². The number of aliphatic carboxylic acids is 1. The lowest BCUT2D eigenvalue weighted by atomic mass is 9.95. The molecule has 0 aliphatic heterocycles. The topological polar surface area (TPSA) is 82.2 Å².